The molecule has 0 aliphatic carbocycles. The number of ether oxygens (including phenoxy) is 1. The Labute approximate surface area is 160 Å². The number of H-pyrrole nitrogens is 1. The molecule has 0 bridgehead atoms. The highest BCUT2D eigenvalue weighted by atomic mass is 32.2. The molecular weight excluding hydrogens is 400 g/mol. The molecule has 0 aliphatic rings. The van der Waals surface area contributed by atoms with Crippen LogP contribution in [0.25, 0.3) is 11.4 Å². The predicted octanol–water partition coefficient (Wildman–Crippen LogP) is 4.24. The van der Waals surface area contributed by atoms with Gasteiger partial charge in [-0.05, 0) is 36.4 Å². The highest BCUT2D eigenvalue weighted by Crippen LogP contribution is 2.24. The van der Waals surface area contributed by atoms with Crippen LogP contribution in [-0.2, 0) is 4.79 Å². The molecule has 2 aromatic carbocycles. The molecule has 28 heavy (non-hydrogen) atoms. The van der Waals surface area contributed by atoms with Crippen molar-refractivity contribution in [2.24, 2.45) is 0 Å². The first kappa shape index (κ1) is 19.7. The second kappa shape index (κ2) is 8.30. The molecular formula is C17H12F4N4O2S. The fraction of sp³-hybridized carbons (Fsp3) is 0.118. The van der Waals surface area contributed by atoms with E-state index in [-0.39, 0.29) is 28.0 Å². The Hall–Kier alpha value is -3.08. The summed E-state index contributed by atoms with van der Waals surface area (Å²) in [7, 11) is 0. The maximum absolute atomic E-state index is 13.7. The molecule has 0 aliphatic heterocycles. The average molecular weight is 412 g/mol. The third kappa shape index (κ3) is 5.46. The predicted molar refractivity (Wildman–Crippen MR) is 94.3 cm³/mol. The molecule has 0 fully saturated rings. The summed E-state index contributed by atoms with van der Waals surface area (Å²) in [4.78, 5) is 16.1. The molecule has 0 saturated heterocycles. The molecule has 0 spiro atoms. The van der Waals surface area contributed by atoms with E-state index in [1.807, 2.05) is 0 Å². The van der Waals surface area contributed by atoms with Crippen molar-refractivity contribution in [1.82, 2.24) is 15.2 Å². The number of rotatable bonds is 6. The van der Waals surface area contributed by atoms with Gasteiger partial charge in [0.1, 0.15) is 11.6 Å². The van der Waals surface area contributed by atoms with Gasteiger partial charge in [-0.1, -0.05) is 23.9 Å². The van der Waals surface area contributed by atoms with Crippen molar-refractivity contribution in [2.75, 3.05) is 11.1 Å². The standard InChI is InChI=1S/C17H12F4N4O2S/c18-13-4-2-1-3-12(13)15-23-16(25-24-15)28-9-14(26)22-10-5-7-11(8-6-10)27-17(19,20)21/h1-8H,9H2,(H,22,26)(H,23,24,25). The summed E-state index contributed by atoms with van der Waals surface area (Å²) in [5.74, 6) is -1.06. The van der Waals surface area contributed by atoms with Gasteiger partial charge >= 0.3 is 6.36 Å². The largest absolute Gasteiger partial charge is 0.573 e. The fourth-order valence-corrected chi connectivity index (χ4v) is 2.75. The molecule has 0 atom stereocenters. The molecule has 146 valence electrons. The van der Waals surface area contributed by atoms with Crippen molar-refractivity contribution < 1.29 is 27.1 Å². The van der Waals surface area contributed by atoms with E-state index in [4.69, 9.17) is 0 Å². The van der Waals surface area contributed by atoms with E-state index in [1.54, 1.807) is 18.2 Å². The van der Waals surface area contributed by atoms with Crippen LogP contribution in [0.5, 0.6) is 5.75 Å². The number of halogens is 4. The normalized spacial score (nSPS) is 11.3. The minimum absolute atomic E-state index is 0.0463. The van der Waals surface area contributed by atoms with Crippen molar-refractivity contribution in [3.05, 3.63) is 54.3 Å². The van der Waals surface area contributed by atoms with Gasteiger partial charge in [-0.3, -0.25) is 9.89 Å². The maximum atomic E-state index is 13.7. The number of hydrogen-bond acceptors (Lipinski definition) is 5. The average Bonchev–Trinajstić information content (AvgIpc) is 3.10. The van der Waals surface area contributed by atoms with E-state index in [0.717, 1.165) is 23.9 Å². The van der Waals surface area contributed by atoms with Crippen molar-refractivity contribution in [1.29, 1.82) is 0 Å². The lowest BCUT2D eigenvalue weighted by atomic mass is 10.2. The Morgan fingerprint density at radius 1 is 1.14 bits per heavy atom. The summed E-state index contributed by atoms with van der Waals surface area (Å²) in [6.07, 6.45) is -4.78. The van der Waals surface area contributed by atoms with Crippen molar-refractivity contribution in [3.8, 4) is 17.1 Å². The van der Waals surface area contributed by atoms with E-state index in [2.05, 4.69) is 25.2 Å². The smallest absolute Gasteiger partial charge is 0.406 e. The number of aromatic nitrogens is 3. The quantitative estimate of drug-likeness (QED) is 0.468. The first-order valence-electron chi connectivity index (χ1n) is 7.76. The van der Waals surface area contributed by atoms with E-state index in [0.29, 0.717) is 5.69 Å². The Kier molecular flexibility index (Phi) is 5.83. The summed E-state index contributed by atoms with van der Waals surface area (Å²) in [5.41, 5.74) is 0.564. The topological polar surface area (TPSA) is 79.9 Å². The van der Waals surface area contributed by atoms with Gasteiger partial charge in [0.2, 0.25) is 11.1 Å². The van der Waals surface area contributed by atoms with E-state index < -0.39 is 18.1 Å². The number of anilines is 1. The second-order valence-electron chi connectivity index (χ2n) is 5.36. The van der Waals surface area contributed by atoms with Crippen LogP contribution in [0.1, 0.15) is 0 Å². The second-order valence-corrected chi connectivity index (χ2v) is 6.30. The highest BCUT2D eigenvalue weighted by molar-refractivity contribution is 7.99. The summed E-state index contributed by atoms with van der Waals surface area (Å²) < 4.78 is 53.8. The van der Waals surface area contributed by atoms with Crippen LogP contribution in [0.2, 0.25) is 0 Å². The summed E-state index contributed by atoms with van der Waals surface area (Å²) in [6, 6.07) is 10.8. The van der Waals surface area contributed by atoms with Gasteiger partial charge in [0.15, 0.2) is 5.82 Å². The van der Waals surface area contributed by atoms with Crippen molar-refractivity contribution in [2.45, 2.75) is 11.5 Å². The number of carbonyl (C=O) groups is 1. The Bertz CT molecular complexity index is 960. The number of benzene rings is 2. The summed E-state index contributed by atoms with van der Waals surface area (Å²) in [5, 5.41) is 9.30. The Balaban J connectivity index is 1.53. The van der Waals surface area contributed by atoms with Crippen LogP contribution in [-0.4, -0.2) is 33.2 Å². The third-order valence-electron chi connectivity index (χ3n) is 3.30. The molecule has 6 nitrogen and oxygen atoms in total. The number of aromatic amines is 1. The zero-order valence-corrected chi connectivity index (χ0v) is 14.8. The van der Waals surface area contributed by atoms with Crippen LogP contribution in [0.4, 0.5) is 23.2 Å². The lowest BCUT2D eigenvalue weighted by molar-refractivity contribution is -0.274. The molecule has 0 radical (unpaired) electrons. The Morgan fingerprint density at radius 3 is 2.54 bits per heavy atom. The molecule has 3 rings (SSSR count). The summed E-state index contributed by atoms with van der Waals surface area (Å²) >= 11 is 1.02. The monoisotopic (exact) mass is 412 g/mol. The van der Waals surface area contributed by atoms with Crippen LogP contribution in [0.3, 0.4) is 0 Å². The number of nitrogens with one attached hydrogen (secondary N) is 2. The van der Waals surface area contributed by atoms with E-state index in [9.17, 15) is 22.4 Å². The number of carbonyl (C=O) groups excluding carboxylic acids is 1. The van der Waals surface area contributed by atoms with Crippen LogP contribution in [0.15, 0.2) is 53.7 Å². The molecule has 2 N–H and O–H groups in total. The van der Waals surface area contributed by atoms with Gasteiger partial charge in [0, 0.05) is 5.69 Å². The Morgan fingerprint density at radius 2 is 1.86 bits per heavy atom. The molecule has 1 aromatic heterocycles. The van der Waals surface area contributed by atoms with Gasteiger partial charge in [0.05, 0.1) is 11.3 Å². The SMILES string of the molecule is O=C(CSc1n[nH]c(-c2ccccc2F)n1)Nc1ccc(OC(F)(F)F)cc1. The molecule has 11 heteroatoms. The minimum atomic E-state index is -4.78. The lowest BCUT2D eigenvalue weighted by Gasteiger charge is -2.09. The number of alkyl halides is 3. The van der Waals surface area contributed by atoms with Crippen LogP contribution < -0.4 is 10.1 Å². The number of hydrogen-bond donors (Lipinski definition) is 2. The van der Waals surface area contributed by atoms with Crippen LogP contribution in [0, 0.1) is 5.82 Å². The molecule has 3 aromatic rings. The van der Waals surface area contributed by atoms with E-state index in [1.165, 1.54) is 18.2 Å². The van der Waals surface area contributed by atoms with Gasteiger partial charge in [0.25, 0.3) is 0 Å². The van der Waals surface area contributed by atoms with Gasteiger partial charge in [-0.25, -0.2) is 9.37 Å². The van der Waals surface area contributed by atoms with Crippen molar-refractivity contribution in [3.63, 3.8) is 0 Å². The zero-order chi connectivity index (χ0) is 20.1. The van der Waals surface area contributed by atoms with Crippen LogP contribution >= 0.6 is 11.8 Å². The maximum Gasteiger partial charge on any atom is 0.573 e. The van der Waals surface area contributed by atoms with Gasteiger partial charge < -0.3 is 10.1 Å². The molecule has 1 amide bonds. The molecule has 1 heterocycles. The molecule has 0 saturated carbocycles. The van der Waals surface area contributed by atoms with Gasteiger partial charge in [-0.15, -0.1) is 18.3 Å². The van der Waals surface area contributed by atoms with Crippen molar-refractivity contribution >= 4 is 23.4 Å². The molecule has 0 unspecified atom stereocenters. The zero-order valence-electron chi connectivity index (χ0n) is 14.0. The number of amides is 1. The van der Waals surface area contributed by atoms with Gasteiger partial charge in [-0.2, -0.15) is 0 Å². The summed E-state index contributed by atoms with van der Waals surface area (Å²) in [6.45, 7) is 0. The first-order chi connectivity index (χ1) is 13.3. The van der Waals surface area contributed by atoms with E-state index >= 15 is 0 Å². The number of thioether (sulfide) groups is 1. The highest BCUT2D eigenvalue weighted by Gasteiger charge is 2.30. The number of nitrogens with zero attached hydrogens (tertiary/aromatic N) is 2. The lowest BCUT2D eigenvalue weighted by Crippen LogP contribution is -2.17. The fourth-order valence-electron chi connectivity index (χ4n) is 2.15. The minimum Gasteiger partial charge on any atom is -0.406 e. The third-order valence-corrected chi connectivity index (χ3v) is 4.15. The first-order valence-corrected chi connectivity index (χ1v) is 8.74.